The molecule has 0 spiro atoms. The van der Waals surface area contributed by atoms with E-state index in [0.717, 1.165) is 6.42 Å². The summed E-state index contributed by atoms with van der Waals surface area (Å²) in [5.74, 6) is 0.0750. The Balaban J connectivity index is 3.56. The lowest BCUT2D eigenvalue weighted by atomic mass is 9.97. The van der Waals surface area contributed by atoms with E-state index in [2.05, 4.69) is 13.8 Å². The molecule has 0 heterocycles. The first-order valence-electron chi connectivity index (χ1n) is 6.55. The van der Waals surface area contributed by atoms with Gasteiger partial charge in [0, 0.05) is 26.7 Å². The van der Waals surface area contributed by atoms with Crippen LogP contribution in [0.5, 0.6) is 0 Å². The third kappa shape index (κ3) is 9.39. The molecule has 0 saturated carbocycles. The van der Waals surface area contributed by atoms with Gasteiger partial charge >= 0.3 is 5.97 Å². The predicted molar refractivity (Wildman–Crippen MR) is 70.3 cm³/mol. The molecule has 0 rings (SSSR count). The number of carbonyl (C=O) groups excluding carboxylic acids is 1. The van der Waals surface area contributed by atoms with Crippen LogP contribution in [-0.4, -0.2) is 46.1 Å². The van der Waals surface area contributed by atoms with Gasteiger partial charge in [-0.25, -0.2) is 0 Å². The van der Waals surface area contributed by atoms with Crippen molar-refractivity contribution < 1.29 is 19.0 Å². The van der Waals surface area contributed by atoms with Crippen molar-refractivity contribution in [1.29, 1.82) is 0 Å². The molecular formula is C13H27NO4. The second-order valence-electron chi connectivity index (χ2n) is 4.69. The maximum absolute atomic E-state index is 11.7. The third-order valence-corrected chi connectivity index (χ3v) is 2.48. The van der Waals surface area contributed by atoms with Gasteiger partial charge < -0.3 is 19.9 Å². The molecule has 0 aliphatic rings. The zero-order valence-electron chi connectivity index (χ0n) is 11.8. The summed E-state index contributed by atoms with van der Waals surface area (Å²) in [5.41, 5.74) is 5.57. The van der Waals surface area contributed by atoms with Crippen LogP contribution in [0.4, 0.5) is 0 Å². The second-order valence-corrected chi connectivity index (χ2v) is 4.69. The average Bonchev–Trinajstić information content (AvgIpc) is 2.34. The minimum absolute atomic E-state index is 0.181. The summed E-state index contributed by atoms with van der Waals surface area (Å²) in [5, 5.41) is 0. The van der Waals surface area contributed by atoms with E-state index >= 15 is 0 Å². The van der Waals surface area contributed by atoms with Crippen molar-refractivity contribution in [3.63, 3.8) is 0 Å². The van der Waals surface area contributed by atoms with E-state index in [9.17, 15) is 4.79 Å². The van der Waals surface area contributed by atoms with Crippen molar-refractivity contribution in [2.75, 3.05) is 40.1 Å². The Morgan fingerprint density at radius 2 is 1.89 bits per heavy atom. The van der Waals surface area contributed by atoms with Crippen LogP contribution in [0.25, 0.3) is 0 Å². The number of rotatable bonds is 11. The van der Waals surface area contributed by atoms with E-state index in [1.54, 1.807) is 7.11 Å². The molecule has 0 aliphatic carbocycles. The highest BCUT2D eigenvalue weighted by Crippen LogP contribution is 2.12. The normalized spacial score (nSPS) is 12.7. The molecule has 0 fully saturated rings. The maximum atomic E-state index is 11.7. The van der Waals surface area contributed by atoms with Crippen molar-refractivity contribution in [1.82, 2.24) is 0 Å². The van der Waals surface area contributed by atoms with Crippen molar-refractivity contribution >= 4 is 5.97 Å². The summed E-state index contributed by atoms with van der Waals surface area (Å²) in [6.45, 7) is 6.61. The summed E-state index contributed by atoms with van der Waals surface area (Å²) >= 11 is 0. The second kappa shape index (κ2) is 11.4. The van der Waals surface area contributed by atoms with Crippen LogP contribution in [0.3, 0.4) is 0 Å². The number of nitrogens with two attached hydrogens (primary N) is 1. The first kappa shape index (κ1) is 17.4. The van der Waals surface area contributed by atoms with Gasteiger partial charge in [0.1, 0.15) is 0 Å². The van der Waals surface area contributed by atoms with Gasteiger partial charge in [-0.3, -0.25) is 4.79 Å². The fraction of sp³-hybridized carbons (Fsp3) is 0.923. The summed E-state index contributed by atoms with van der Waals surface area (Å²) < 4.78 is 15.3. The minimum Gasteiger partial charge on any atom is -0.465 e. The van der Waals surface area contributed by atoms with Crippen LogP contribution < -0.4 is 5.73 Å². The molecular weight excluding hydrogens is 234 g/mol. The van der Waals surface area contributed by atoms with Crippen LogP contribution in [0.2, 0.25) is 0 Å². The summed E-state index contributed by atoms with van der Waals surface area (Å²) in [6.07, 6.45) is 1.48. The Morgan fingerprint density at radius 3 is 2.44 bits per heavy atom. The van der Waals surface area contributed by atoms with Gasteiger partial charge in [-0.15, -0.1) is 0 Å². The fourth-order valence-corrected chi connectivity index (χ4v) is 1.55. The highest BCUT2D eigenvalue weighted by Gasteiger charge is 2.19. The first-order valence-corrected chi connectivity index (χ1v) is 6.55. The van der Waals surface area contributed by atoms with E-state index in [1.807, 2.05) is 0 Å². The Hall–Kier alpha value is -0.650. The van der Waals surface area contributed by atoms with Crippen molar-refractivity contribution in [3.8, 4) is 0 Å². The number of hydrogen-bond acceptors (Lipinski definition) is 5. The average molecular weight is 261 g/mol. The Morgan fingerprint density at radius 1 is 1.17 bits per heavy atom. The monoisotopic (exact) mass is 261 g/mol. The molecule has 5 nitrogen and oxygen atoms in total. The summed E-state index contributed by atoms with van der Waals surface area (Å²) in [7, 11) is 1.63. The van der Waals surface area contributed by atoms with Gasteiger partial charge in [0.2, 0.25) is 0 Å². The van der Waals surface area contributed by atoms with E-state index in [-0.39, 0.29) is 11.9 Å². The van der Waals surface area contributed by atoms with Crippen LogP contribution >= 0.6 is 0 Å². The van der Waals surface area contributed by atoms with E-state index < -0.39 is 0 Å². The Kier molecular flexibility index (Phi) is 11.0. The van der Waals surface area contributed by atoms with Crippen LogP contribution in [0.1, 0.15) is 26.7 Å². The van der Waals surface area contributed by atoms with Crippen LogP contribution in [-0.2, 0) is 19.0 Å². The molecule has 1 atom stereocenters. The van der Waals surface area contributed by atoms with Crippen molar-refractivity contribution in [2.24, 2.45) is 17.6 Å². The summed E-state index contributed by atoms with van der Waals surface area (Å²) in [6, 6.07) is 0. The van der Waals surface area contributed by atoms with Gasteiger partial charge in [0.05, 0.1) is 25.7 Å². The molecule has 0 bridgehead atoms. The smallest absolute Gasteiger partial charge is 0.310 e. The summed E-state index contributed by atoms with van der Waals surface area (Å²) in [4.78, 5) is 11.7. The van der Waals surface area contributed by atoms with E-state index in [0.29, 0.717) is 45.3 Å². The molecule has 0 aliphatic heterocycles. The molecule has 0 amide bonds. The zero-order chi connectivity index (χ0) is 13.8. The highest BCUT2D eigenvalue weighted by atomic mass is 16.5. The molecule has 0 saturated heterocycles. The number of esters is 1. The van der Waals surface area contributed by atoms with E-state index in [4.69, 9.17) is 19.9 Å². The lowest BCUT2D eigenvalue weighted by molar-refractivity contribution is -0.149. The van der Waals surface area contributed by atoms with Crippen LogP contribution in [0.15, 0.2) is 0 Å². The standard InChI is InChI=1S/C13H27NO4/c1-11(2)9-12(10-14)13(15)18-6-4-5-17-8-7-16-3/h11-12H,4-10,14H2,1-3H3. The van der Waals surface area contributed by atoms with E-state index in [1.165, 1.54) is 0 Å². The molecule has 18 heavy (non-hydrogen) atoms. The molecule has 1 unspecified atom stereocenters. The van der Waals surface area contributed by atoms with Gasteiger partial charge in [0.15, 0.2) is 0 Å². The zero-order valence-corrected chi connectivity index (χ0v) is 11.8. The van der Waals surface area contributed by atoms with Gasteiger partial charge in [-0.2, -0.15) is 0 Å². The molecule has 0 aromatic heterocycles. The van der Waals surface area contributed by atoms with Crippen molar-refractivity contribution in [2.45, 2.75) is 26.7 Å². The molecule has 5 heteroatoms. The molecule has 0 aromatic carbocycles. The van der Waals surface area contributed by atoms with Crippen LogP contribution in [0, 0.1) is 11.8 Å². The topological polar surface area (TPSA) is 70.8 Å². The molecule has 0 aromatic rings. The number of hydrogen-bond donors (Lipinski definition) is 1. The lowest BCUT2D eigenvalue weighted by Gasteiger charge is -2.15. The van der Waals surface area contributed by atoms with Crippen molar-refractivity contribution in [3.05, 3.63) is 0 Å². The largest absolute Gasteiger partial charge is 0.465 e. The minimum atomic E-state index is -0.192. The van der Waals surface area contributed by atoms with Gasteiger partial charge in [-0.1, -0.05) is 13.8 Å². The maximum Gasteiger partial charge on any atom is 0.310 e. The highest BCUT2D eigenvalue weighted by molar-refractivity contribution is 5.72. The first-order chi connectivity index (χ1) is 8.61. The Bertz CT molecular complexity index is 209. The number of ether oxygens (including phenoxy) is 3. The predicted octanol–water partition coefficient (Wildman–Crippen LogP) is 1.20. The Labute approximate surface area is 110 Å². The van der Waals surface area contributed by atoms with Gasteiger partial charge in [0.25, 0.3) is 0 Å². The molecule has 0 radical (unpaired) electrons. The number of carbonyl (C=O) groups is 1. The van der Waals surface area contributed by atoms with Gasteiger partial charge in [-0.05, 0) is 12.3 Å². The SMILES string of the molecule is COCCOCCCOC(=O)C(CN)CC(C)C. The number of methoxy groups -OCH3 is 1. The fourth-order valence-electron chi connectivity index (χ4n) is 1.55. The third-order valence-electron chi connectivity index (χ3n) is 2.48. The molecule has 108 valence electrons. The molecule has 2 N–H and O–H groups in total. The quantitative estimate of drug-likeness (QED) is 0.447. The lowest BCUT2D eigenvalue weighted by Crippen LogP contribution is -2.27.